The van der Waals surface area contributed by atoms with Crippen molar-refractivity contribution in [2.75, 3.05) is 11.3 Å². The van der Waals surface area contributed by atoms with Crippen molar-refractivity contribution in [1.29, 1.82) is 5.26 Å². The molecular weight excluding hydrogens is 288 g/mol. The first kappa shape index (κ1) is 13.5. The van der Waals surface area contributed by atoms with Crippen LogP contribution in [-0.2, 0) is 16.4 Å². The summed E-state index contributed by atoms with van der Waals surface area (Å²) in [5.74, 6) is 0.565. The summed E-state index contributed by atoms with van der Waals surface area (Å²) >= 11 is 0. The molecule has 0 amide bonds. The van der Waals surface area contributed by atoms with E-state index in [9.17, 15) is 8.42 Å². The van der Waals surface area contributed by atoms with Crippen LogP contribution < -0.4 is 9.46 Å². The molecular formula is C15H12N2O3S. The van der Waals surface area contributed by atoms with Gasteiger partial charge in [-0.15, -0.1) is 0 Å². The summed E-state index contributed by atoms with van der Waals surface area (Å²) in [6.07, 6.45) is 0.764. The Balaban J connectivity index is 2.02. The normalized spacial score (nSPS) is 13.1. The molecule has 1 aliphatic rings. The summed E-state index contributed by atoms with van der Waals surface area (Å²) < 4.78 is 32.9. The fourth-order valence-corrected chi connectivity index (χ4v) is 3.51. The number of nitrogens with zero attached hydrogens (tertiary/aromatic N) is 1. The smallest absolute Gasteiger partial charge is 0.263 e. The van der Waals surface area contributed by atoms with Crippen LogP contribution in [0.2, 0.25) is 0 Å². The molecule has 0 radical (unpaired) electrons. The molecule has 0 spiro atoms. The third-order valence-corrected chi connectivity index (χ3v) is 4.68. The van der Waals surface area contributed by atoms with Gasteiger partial charge >= 0.3 is 0 Å². The zero-order chi connectivity index (χ0) is 14.9. The molecule has 1 N–H and O–H groups in total. The number of hydrogen-bond acceptors (Lipinski definition) is 4. The summed E-state index contributed by atoms with van der Waals surface area (Å²) in [6.45, 7) is 0.545. The van der Waals surface area contributed by atoms with E-state index in [-0.39, 0.29) is 10.5 Å². The molecule has 2 aromatic carbocycles. The maximum atomic E-state index is 12.5. The highest BCUT2D eigenvalue weighted by Crippen LogP contribution is 2.34. The van der Waals surface area contributed by atoms with Crippen LogP contribution in [0.5, 0.6) is 5.75 Å². The van der Waals surface area contributed by atoms with Crippen LogP contribution in [0.1, 0.15) is 11.1 Å². The molecule has 5 nitrogen and oxygen atoms in total. The van der Waals surface area contributed by atoms with Gasteiger partial charge in [0.15, 0.2) is 0 Å². The predicted molar refractivity (Wildman–Crippen MR) is 77.6 cm³/mol. The van der Waals surface area contributed by atoms with E-state index in [1.165, 1.54) is 12.1 Å². The number of ether oxygens (including phenoxy) is 1. The van der Waals surface area contributed by atoms with Crippen LogP contribution in [0.15, 0.2) is 47.4 Å². The van der Waals surface area contributed by atoms with Crippen molar-refractivity contribution in [1.82, 2.24) is 0 Å². The van der Waals surface area contributed by atoms with Crippen molar-refractivity contribution in [3.05, 3.63) is 53.6 Å². The van der Waals surface area contributed by atoms with Crippen molar-refractivity contribution >= 4 is 15.7 Å². The van der Waals surface area contributed by atoms with Crippen LogP contribution in [-0.4, -0.2) is 15.0 Å². The first-order chi connectivity index (χ1) is 10.1. The molecule has 1 heterocycles. The van der Waals surface area contributed by atoms with Gasteiger partial charge in [-0.3, -0.25) is 4.72 Å². The Bertz CT molecular complexity index is 838. The number of benzene rings is 2. The number of nitriles is 1. The molecule has 21 heavy (non-hydrogen) atoms. The third-order valence-electron chi connectivity index (χ3n) is 3.26. The molecule has 0 fully saturated rings. The highest BCUT2D eigenvalue weighted by molar-refractivity contribution is 7.92. The molecule has 0 unspecified atom stereocenters. The van der Waals surface area contributed by atoms with E-state index in [0.717, 1.165) is 12.0 Å². The van der Waals surface area contributed by atoms with Crippen molar-refractivity contribution in [2.24, 2.45) is 0 Å². The van der Waals surface area contributed by atoms with Crippen LogP contribution in [0.3, 0.4) is 0 Å². The monoisotopic (exact) mass is 300 g/mol. The first-order valence-electron chi connectivity index (χ1n) is 6.38. The molecule has 1 aliphatic heterocycles. The minimum atomic E-state index is -3.83. The van der Waals surface area contributed by atoms with Gasteiger partial charge in [0, 0.05) is 6.42 Å². The Morgan fingerprint density at radius 1 is 1.14 bits per heavy atom. The van der Waals surface area contributed by atoms with Gasteiger partial charge in [0.1, 0.15) is 16.7 Å². The lowest BCUT2D eigenvalue weighted by atomic mass is 10.1. The Labute approximate surface area is 122 Å². The Hall–Kier alpha value is -2.52. The first-order valence-corrected chi connectivity index (χ1v) is 7.87. The minimum Gasteiger partial charge on any atom is -0.491 e. The number of rotatable bonds is 3. The maximum Gasteiger partial charge on any atom is 0.263 e. The van der Waals surface area contributed by atoms with Crippen molar-refractivity contribution in [3.8, 4) is 11.8 Å². The zero-order valence-corrected chi connectivity index (χ0v) is 11.9. The van der Waals surface area contributed by atoms with E-state index < -0.39 is 10.0 Å². The largest absolute Gasteiger partial charge is 0.491 e. The van der Waals surface area contributed by atoms with E-state index in [1.807, 2.05) is 12.1 Å². The fraction of sp³-hybridized carbons (Fsp3) is 0.133. The quantitative estimate of drug-likeness (QED) is 0.943. The second kappa shape index (κ2) is 5.11. The lowest BCUT2D eigenvalue weighted by Gasteiger charge is -2.12. The molecule has 0 bridgehead atoms. The van der Waals surface area contributed by atoms with Crippen molar-refractivity contribution < 1.29 is 13.2 Å². The Morgan fingerprint density at radius 2 is 1.95 bits per heavy atom. The standard InChI is InChI=1S/C15H12N2O3S/c16-10-12-4-1-2-7-14(12)21(18,19)17-13-6-3-5-11-8-9-20-15(11)13/h1-7,17H,8-9H2. The second-order valence-corrected chi connectivity index (χ2v) is 6.26. The number of hydrogen-bond donors (Lipinski definition) is 1. The Morgan fingerprint density at radius 3 is 2.76 bits per heavy atom. The van der Waals surface area contributed by atoms with Gasteiger partial charge in [0.25, 0.3) is 10.0 Å². The van der Waals surface area contributed by atoms with E-state index in [4.69, 9.17) is 10.00 Å². The summed E-state index contributed by atoms with van der Waals surface area (Å²) in [4.78, 5) is -0.0388. The van der Waals surface area contributed by atoms with E-state index >= 15 is 0 Å². The van der Waals surface area contributed by atoms with Crippen LogP contribution in [0, 0.1) is 11.3 Å². The number of para-hydroxylation sites is 1. The van der Waals surface area contributed by atoms with Gasteiger partial charge in [-0.1, -0.05) is 24.3 Å². The lowest BCUT2D eigenvalue weighted by molar-refractivity contribution is 0.358. The van der Waals surface area contributed by atoms with Crippen LogP contribution >= 0.6 is 0 Å². The number of nitrogens with one attached hydrogen (secondary N) is 1. The van der Waals surface area contributed by atoms with Crippen molar-refractivity contribution in [2.45, 2.75) is 11.3 Å². The molecule has 0 aromatic heterocycles. The molecule has 106 valence electrons. The highest BCUT2D eigenvalue weighted by atomic mass is 32.2. The third kappa shape index (κ3) is 2.43. The van der Waals surface area contributed by atoms with Crippen LogP contribution in [0.25, 0.3) is 0 Å². The maximum absolute atomic E-state index is 12.5. The summed E-state index contributed by atoms with van der Waals surface area (Å²) in [6, 6.07) is 13.3. The van der Waals surface area contributed by atoms with Gasteiger partial charge in [-0.2, -0.15) is 5.26 Å². The predicted octanol–water partition coefficient (Wildman–Crippen LogP) is 2.29. The molecule has 0 aliphatic carbocycles. The SMILES string of the molecule is N#Cc1ccccc1S(=O)(=O)Nc1cccc2c1OCC2. The van der Waals surface area contributed by atoms with Gasteiger partial charge < -0.3 is 4.74 Å². The van der Waals surface area contributed by atoms with Gasteiger partial charge in [-0.25, -0.2) is 8.42 Å². The Kier molecular flexibility index (Phi) is 3.28. The highest BCUT2D eigenvalue weighted by Gasteiger charge is 2.22. The number of sulfonamides is 1. The summed E-state index contributed by atoms with van der Waals surface area (Å²) in [5.41, 5.74) is 1.49. The summed E-state index contributed by atoms with van der Waals surface area (Å²) in [5, 5.41) is 9.04. The minimum absolute atomic E-state index is 0.0388. The summed E-state index contributed by atoms with van der Waals surface area (Å²) in [7, 11) is -3.83. The molecule has 2 aromatic rings. The molecule has 0 atom stereocenters. The van der Waals surface area contributed by atoms with Crippen molar-refractivity contribution in [3.63, 3.8) is 0 Å². The molecule has 0 saturated carbocycles. The molecule has 3 rings (SSSR count). The number of fused-ring (bicyclic) bond motifs is 1. The second-order valence-electron chi connectivity index (χ2n) is 4.61. The van der Waals surface area contributed by atoms with E-state index in [1.54, 1.807) is 24.3 Å². The average Bonchev–Trinajstić information content (AvgIpc) is 2.96. The topological polar surface area (TPSA) is 79.2 Å². The van der Waals surface area contributed by atoms with E-state index in [0.29, 0.717) is 18.0 Å². The van der Waals surface area contributed by atoms with Gasteiger partial charge in [0.2, 0.25) is 0 Å². The number of anilines is 1. The fourth-order valence-electron chi connectivity index (χ4n) is 2.29. The van der Waals surface area contributed by atoms with Crippen LogP contribution in [0.4, 0.5) is 5.69 Å². The molecule has 6 heteroatoms. The average molecular weight is 300 g/mol. The van der Waals surface area contributed by atoms with E-state index in [2.05, 4.69) is 4.72 Å². The van der Waals surface area contributed by atoms with Gasteiger partial charge in [0.05, 0.1) is 17.9 Å². The van der Waals surface area contributed by atoms with Gasteiger partial charge in [-0.05, 0) is 23.8 Å². The molecule has 0 saturated heterocycles. The lowest BCUT2D eigenvalue weighted by Crippen LogP contribution is -2.14. The zero-order valence-electron chi connectivity index (χ0n) is 11.0.